The second-order valence-corrected chi connectivity index (χ2v) is 6.01. The Balaban J connectivity index is 1.59. The maximum atomic E-state index is 13.2. The van der Waals surface area contributed by atoms with Crippen molar-refractivity contribution >= 4 is 11.6 Å². The number of nitro groups is 1. The van der Waals surface area contributed by atoms with Gasteiger partial charge >= 0.3 is 0 Å². The Morgan fingerprint density at radius 3 is 2.48 bits per heavy atom. The molecular formula is C18H18FN3O3. The number of halogens is 1. The van der Waals surface area contributed by atoms with Gasteiger partial charge in [-0.05, 0) is 23.8 Å². The first-order chi connectivity index (χ1) is 12.0. The molecule has 0 N–H and O–H groups in total. The first kappa shape index (κ1) is 17.0. The van der Waals surface area contributed by atoms with Gasteiger partial charge in [-0.15, -0.1) is 0 Å². The van der Waals surface area contributed by atoms with Crippen molar-refractivity contribution in [2.24, 2.45) is 0 Å². The van der Waals surface area contributed by atoms with Crippen LogP contribution in [0, 0.1) is 15.9 Å². The molecule has 2 aromatic rings. The SMILES string of the molecule is O=C(c1cccc([N+](=O)[O-])c1)N1CCN(Cc2cccc(F)c2)CC1. The lowest BCUT2D eigenvalue weighted by Gasteiger charge is -2.34. The van der Waals surface area contributed by atoms with Gasteiger partial charge in [-0.1, -0.05) is 18.2 Å². The maximum Gasteiger partial charge on any atom is 0.270 e. The topological polar surface area (TPSA) is 66.7 Å². The predicted octanol–water partition coefficient (Wildman–Crippen LogP) is 2.69. The van der Waals surface area contributed by atoms with Gasteiger partial charge in [-0.3, -0.25) is 19.8 Å². The minimum Gasteiger partial charge on any atom is -0.336 e. The second kappa shape index (κ2) is 7.40. The monoisotopic (exact) mass is 343 g/mol. The third-order valence-corrected chi connectivity index (χ3v) is 4.26. The van der Waals surface area contributed by atoms with Crippen molar-refractivity contribution in [2.45, 2.75) is 6.54 Å². The van der Waals surface area contributed by atoms with Gasteiger partial charge in [0.1, 0.15) is 5.82 Å². The third-order valence-electron chi connectivity index (χ3n) is 4.26. The molecule has 0 radical (unpaired) electrons. The van der Waals surface area contributed by atoms with Crippen LogP contribution in [0.1, 0.15) is 15.9 Å². The molecule has 0 bridgehead atoms. The van der Waals surface area contributed by atoms with E-state index in [2.05, 4.69) is 4.90 Å². The Hall–Kier alpha value is -2.80. The first-order valence-corrected chi connectivity index (χ1v) is 8.03. The molecule has 2 aromatic carbocycles. The zero-order valence-corrected chi connectivity index (χ0v) is 13.6. The molecule has 130 valence electrons. The van der Waals surface area contributed by atoms with Crippen LogP contribution in [0.3, 0.4) is 0 Å². The van der Waals surface area contributed by atoms with E-state index in [1.807, 2.05) is 6.07 Å². The zero-order valence-electron chi connectivity index (χ0n) is 13.6. The molecule has 0 atom stereocenters. The number of piperazine rings is 1. The predicted molar refractivity (Wildman–Crippen MR) is 90.7 cm³/mol. The molecule has 0 aliphatic carbocycles. The molecule has 1 fully saturated rings. The van der Waals surface area contributed by atoms with Crippen LogP contribution in [-0.2, 0) is 6.54 Å². The van der Waals surface area contributed by atoms with Gasteiger partial charge in [0.2, 0.25) is 0 Å². The van der Waals surface area contributed by atoms with Crippen LogP contribution >= 0.6 is 0 Å². The molecule has 7 heteroatoms. The average molecular weight is 343 g/mol. The lowest BCUT2D eigenvalue weighted by atomic mass is 10.1. The Kier molecular flexibility index (Phi) is 5.04. The standard InChI is InChI=1S/C18H18FN3O3/c19-16-5-1-3-14(11-16)13-20-7-9-21(10-8-20)18(23)15-4-2-6-17(12-15)22(24)25/h1-6,11-12H,7-10,13H2. The van der Waals surface area contributed by atoms with E-state index in [0.717, 1.165) is 5.56 Å². The van der Waals surface area contributed by atoms with Crippen LogP contribution in [0.5, 0.6) is 0 Å². The molecule has 1 amide bonds. The van der Waals surface area contributed by atoms with Crippen molar-refractivity contribution in [1.29, 1.82) is 0 Å². The van der Waals surface area contributed by atoms with Crippen LogP contribution in [-0.4, -0.2) is 46.8 Å². The van der Waals surface area contributed by atoms with Crippen molar-refractivity contribution in [3.8, 4) is 0 Å². The van der Waals surface area contributed by atoms with Gasteiger partial charge < -0.3 is 4.90 Å². The summed E-state index contributed by atoms with van der Waals surface area (Å²) in [6.45, 7) is 3.07. The lowest BCUT2D eigenvalue weighted by Crippen LogP contribution is -2.48. The summed E-state index contributed by atoms with van der Waals surface area (Å²) < 4.78 is 13.2. The van der Waals surface area contributed by atoms with E-state index < -0.39 is 4.92 Å². The second-order valence-electron chi connectivity index (χ2n) is 6.01. The van der Waals surface area contributed by atoms with Crippen molar-refractivity contribution in [3.63, 3.8) is 0 Å². The van der Waals surface area contributed by atoms with Gasteiger partial charge in [0, 0.05) is 50.4 Å². The average Bonchev–Trinajstić information content (AvgIpc) is 2.62. The van der Waals surface area contributed by atoms with Crippen molar-refractivity contribution in [1.82, 2.24) is 9.80 Å². The minimum absolute atomic E-state index is 0.0874. The molecule has 1 heterocycles. The van der Waals surface area contributed by atoms with E-state index in [0.29, 0.717) is 38.3 Å². The Morgan fingerprint density at radius 2 is 1.80 bits per heavy atom. The smallest absolute Gasteiger partial charge is 0.270 e. The molecular weight excluding hydrogens is 325 g/mol. The fourth-order valence-electron chi connectivity index (χ4n) is 2.94. The van der Waals surface area contributed by atoms with Crippen LogP contribution in [0.2, 0.25) is 0 Å². The van der Waals surface area contributed by atoms with Crippen LogP contribution in [0.4, 0.5) is 10.1 Å². The number of nitro benzene ring substituents is 1. The largest absolute Gasteiger partial charge is 0.336 e. The normalized spacial score (nSPS) is 15.2. The van der Waals surface area contributed by atoms with E-state index in [4.69, 9.17) is 0 Å². The van der Waals surface area contributed by atoms with Crippen molar-refractivity contribution in [2.75, 3.05) is 26.2 Å². The number of rotatable bonds is 4. The zero-order chi connectivity index (χ0) is 17.8. The number of hydrogen-bond acceptors (Lipinski definition) is 4. The Bertz CT molecular complexity index is 789. The van der Waals surface area contributed by atoms with E-state index in [-0.39, 0.29) is 17.4 Å². The molecule has 3 rings (SSSR count). The maximum absolute atomic E-state index is 13.2. The van der Waals surface area contributed by atoms with E-state index in [1.165, 1.54) is 30.3 Å². The van der Waals surface area contributed by atoms with Gasteiger partial charge in [0.15, 0.2) is 0 Å². The molecule has 1 saturated heterocycles. The quantitative estimate of drug-likeness (QED) is 0.632. The van der Waals surface area contributed by atoms with E-state index >= 15 is 0 Å². The van der Waals surface area contributed by atoms with Crippen molar-refractivity contribution < 1.29 is 14.1 Å². The summed E-state index contributed by atoms with van der Waals surface area (Å²) >= 11 is 0. The number of amides is 1. The number of hydrogen-bond donors (Lipinski definition) is 0. The van der Waals surface area contributed by atoms with Gasteiger partial charge in [0.25, 0.3) is 11.6 Å². The fourth-order valence-corrected chi connectivity index (χ4v) is 2.94. The highest BCUT2D eigenvalue weighted by molar-refractivity contribution is 5.94. The summed E-state index contributed by atoms with van der Waals surface area (Å²) in [5.74, 6) is -0.453. The summed E-state index contributed by atoms with van der Waals surface area (Å²) in [7, 11) is 0. The summed E-state index contributed by atoms with van der Waals surface area (Å²) in [5.41, 5.74) is 1.14. The van der Waals surface area contributed by atoms with E-state index in [9.17, 15) is 19.3 Å². The Labute approximate surface area is 144 Å². The summed E-state index contributed by atoms with van der Waals surface area (Å²) in [5, 5.41) is 10.8. The minimum atomic E-state index is -0.506. The lowest BCUT2D eigenvalue weighted by molar-refractivity contribution is -0.384. The molecule has 6 nitrogen and oxygen atoms in total. The highest BCUT2D eigenvalue weighted by Gasteiger charge is 2.23. The van der Waals surface area contributed by atoms with Crippen molar-refractivity contribution in [3.05, 3.63) is 75.6 Å². The number of carbonyl (C=O) groups is 1. The third kappa shape index (κ3) is 4.19. The molecule has 0 saturated carbocycles. The summed E-state index contributed by atoms with van der Waals surface area (Å²) in [6.07, 6.45) is 0. The number of non-ortho nitro benzene ring substituents is 1. The van der Waals surface area contributed by atoms with Gasteiger partial charge in [-0.25, -0.2) is 4.39 Å². The Morgan fingerprint density at radius 1 is 1.08 bits per heavy atom. The molecule has 1 aliphatic rings. The fraction of sp³-hybridized carbons (Fsp3) is 0.278. The molecule has 0 unspecified atom stereocenters. The molecule has 25 heavy (non-hydrogen) atoms. The van der Waals surface area contributed by atoms with Crippen LogP contribution in [0.15, 0.2) is 48.5 Å². The molecule has 0 aromatic heterocycles. The van der Waals surface area contributed by atoms with E-state index in [1.54, 1.807) is 17.0 Å². The van der Waals surface area contributed by atoms with Gasteiger partial charge in [-0.2, -0.15) is 0 Å². The summed E-state index contributed by atoms with van der Waals surface area (Å²) in [6, 6.07) is 12.3. The highest BCUT2D eigenvalue weighted by Crippen LogP contribution is 2.16. The number of nitrogens with zero attached hydrogens (tertiary/aromatic N) is 3. The van der Waals surface area contributed by atoms with Gasteiger partial charge in [0.05, 0.1) is 4.92 Å². The number of carbonyl (C=O) groups excluding carboxylic acids is 1. The highest BCUT2D eigenvalue weighted by atomic mass is 19.1. The molecule has 1 aliphatic heterocycles. The molecule has 0 spiro atoms. The van der Waals surface area contributed by atoms with Crippen LogP contribution < -0.4 is 0 Å². The summed E-state index contributed by atoms with van der Waals surface area (Å²) in [4.78, 5) is 26.7. The number of benzene rings is 2. The first-order valence-electron chi connectivity index (χ1n) is 8.03. The van der Waals surface area contributed by atoms with Crippen LogP contribution in [0.25, 0.3) is 0 Å².